The normalized spacial score (nSPS) is 11.2. The number of nitrogens with zero attached hydrogens (tertiary/aromatic N) is 1. The van der Waals surface area contributed by atoms with Crippen LogP contribution in [0, 0.1) is 0 Å². The van der Waals surface area contributed by atoms with Crippen molar-refractivity contribution in [2.24, 2.45) is 0 Å². The lowest BCUT2D eigenvalue weighted by Crippen LogP contribution is -2.11. The highest BCUT2D eigenvalue weighted by molar-refractivity contribution is 7.09. The molecule has 1 N–H and O–H groups in total. The first-order valence-corrected chi connectivity index (χ1v) is 7.56. The van der Waals surface area contributed by atoms with E-state index < -0.39 is 0 Å². The largest absolute Gasteiger partial charge is 0.342 e. The van der Waals surface area contributed by atoms with Crippen molar-refractivity contribution in [1.82, 2.24) is 9.88 Å². The van der Waals surface area contributed by atoms with Gasteiger partial charge in [-0.2, -0.15) is 0 Å². The lowest BCUT2D eigenvalue weighted by Gasteiger charge is -2.02. The van der Waals surface area contributed by atoms with Crippen molar-refractivity contribution in [1.29, 1.82) is 0 Å². The zero-order valence-corrected chi connectivity index (χ0v) is 11.9. The van der Waals surface area contributed by atoms with E-state index >= 15 is 0 Å². The number of hydrogen-bond donors (Lipinski definition) is 1. The summed E-state index contributed by atoms with van der Waals surface area (Å²) in [6, 6.07) is 13.0. The van der Waals surface area contributed by atoms with Gasteiger partial charge in [0.25, 0.3) is 0 Å². The molecule has 3 heteroatoms. The van der Waals surface area contributed by atoms with Gasteiger partial charge in [0.05, 0.1) is 6.54 Å². The molecule has 0 spiro atoms. The molecular weight excluding hydrogens is 252 g/mol. The van der Waals surface area contributed by atoms with Gasteiger partial charge >= 0.3 is 0 Å². The van der Waals surface area contributed by atoms with Crippen molar-refractivity contribution in [3.05, 3.63) is 58.4 Å². The first-order valence-electron chi connectivity index (χ1n) is 6.68. The number of nitrogens with one attached hydrogen (secondary N) is 1. The van der Waals surface area contributed by atoms with Crippen LogP contribution in [0.25, 0.3) is 10.9 Å². The molecule has 0 fully saturated rings. The Hall–Kier alpha value is -1.58. The molecule has 0 bridgehead atoms. The molecule has 0 aliphatic carbocycles. The Morgan fingerprint density at radius 2 is 2.05 bits per heavy atom. The van der Waals surface area contributed by atoms with Gasteiger partial charge in [-0.05, 0) is 29.6 Å². The predicted molar refractivity (Wildman–Crippen MR) is 82.7 cm³/mol. The van der Waals surface area contributed by atoms with Crippen LogP contribution < -0.4 is 5.32 Å². The summed E-state index contributed by atoms with van der Waals surface area (Å²) in [5.41, 5.74) is 2.71. The van der Waals surface area contributed by atoms with E-state index in [-0.39, 0.29) is 0 Å². The van der Waals surface area contributed by atoms with Crippen LogP contribution >= 0.6 is 11.3 Å². The topological polar surface area (TPSA) is 17.0 Å². The summed E-state index contributed by atoms with van der Waals surface area (Å²) in [6.07, 6.45) is 2.28. The van der Waals surface area contributed by atoms with E-state index in [2.05, 4.69) is 64.8 Å². The zero-order valence-electron chi connectivity index (χ0n) is 11.1. The fourth-order valence-electron chi connectivity index (χ4n) is 2.42. The molecule has 0 saturated heterocycles. The summed E-state index contributed by atoms with van der Waals surface area (Å²) in [7, 11) is 0. The minimum absolute atomic E-state index is 0.939. The van der Waals surface area contributed by atoms with E-state index in [1.807, 2.05) is 11.3 Å². The standard InChI is InChI=1S/C16H18N2S/c1-2-17-10-13-11-18(12-14-6-5-9-19-14)16-8-4-3-7-15(13)16/h3-9,11,17H,2,10,12H2,1H3. The Bertz CT molecular complexity index is 653. The molecular formula is C16H18N2S. The van der Waals surface area contributed by atoms with Gasteiger partial charge in [0.2, 0.25) is 0 Å². The lowest BCUT2D eigenvalue weighted by atomic mass is 10.2. The van der Waals surface area contributed by atoms with Gasteiger partial charge in [0.15, 0.2) is 0 Å². The molecule has 0 aliphatic heterocycles. The molecule has 0 saturated carbocycles. The van der Waals surface area contributed by atoms with Crippen molar-refractivity contribution in [2.75, 3.05) is 6.54 Å². The smallest absolute Gasteiger partial charge is 0.0569 e. The van der Waals surface area contributed by atoms with E-state index in [0.29, 0.717) is 0 Å². The number of thiophene rings is 1. The highest BCUT2D eigenvalue weighted by atomic mass is 32.1. The van der Waals surface area contributed by atoms with E-state index in [9.17, 15) is 0 Å². The van der Waals surface area contributed by atoms with Crippen LogP contribution in [0.2, 0.25) is 0 Å². The maximum absolute atomic E-state index is 3.42. The maximum atomic E-state index is 3.42. The summed E-state index contributed by atoms with van der Waals surface area (Å²) in [5, 5.41) is 6.92. The monoisotopic (exact) mass is 270 g/mol. The van der Waals surface area contributed by atoms with Crippen molar-refractivity contribution in [3.63, 3.8) is 0 Å². The molecule has 0 amide bonds. The van der Waals surface area contributed by atoms with E-state index in [1.165, 1.54) is 21.3 Å². The Morgan fingerprint density at radius 1 is 1.16 bits per heavy atom. The van der Waals surface area contributed by atoms with Crippen LogP contribution in [0.15, 0.2) is 48.0 Å². The fraction of sp³-hybridized carbons (Fsp3) is 0.250. The summed E-state index contributed by atoms with van der Waals surface area (Å²) in [6.45, 7) is 5.05. The molecule has 2 nitrogen and oxygen atoms in total. The van der Waals surface area contributed by atoms with Crippen LogP contribution in [0.5, 0.6) is 0 Å². The summed E-state index contributed by atoms with van der Waals surface area (Å²) < 4.78 is 2.36. The van der Waals surface area contributed by atoms with Crippen LogP contribution in [0.1, 0.15) is 17.4 Å². The Labute approximate surface area is 117 Å². The Balaban J connectivity index is 1.99. The van der Waals surface area contributed by atoms with Crippen LogP contribution in [-0.4, -0.2) is 11.1 Å². The number of para-hydroxylation sites is 1. The molecule has 2 heterocycles. The fourth-order valence-corrected chi connectivity index (χ4v) is 3.13. The Kier molecular flexibility index (Phi) is 3.67. The van der Waals surface area contributed by atoms with Gasteiger partial charge < -0.3 is 9.88 Å². The number of aromatic nitrogens is 1. The highest BCUT2D eigenvalue weighted by Crippen LogP contribution is 2.23. The van der Waals surface area contributed by atoms with Crippen molar-refractivity contribution in [2.45, 2.75) is 20.0 Å². The van der Waals surface area contributed by atoms with Gasteiger partial charge in [0.1, 0.15) is 0 Å². The molecule has 3 rings (SSSR count). The van der Waals surface area contributed by atoms with Crippen molar-refractivity contribution < 1.29 is 0 Å². The Morgan fingerprint density at radius 3 is 2.84 bits per heavy atom. The first kappa shape index (κ1) is 12.5. The predicted octanol–water partition coefficient (Wildman–Crippen LogP) is 3.86. The highest BCUT2D eigenvalue weighted by Gasteiger charge is 2.08. The average Bonchev–Trinajstić information content (AvgIpc) is 3.06. The third kappa shape index (κ3) is 2.57. The van der Waals surface area contributed by atoms with Gasteiger partial charge in [-0.1, -0.05) is 31.2 Å². The number of fused-ring (bicyclic) bond motifs is 1. The van der Waals surface area contributed by atoms with Gasteiger partial charge in [-0.25, -0.2) is 0 Å². The summed E-state index contributed by atoms with van der Waals surface area (Å²) >= 11 is 1.82. The quantitative estimate of drug-likeness (QED) is 0.745. The molecule has 0 radical (unpaired) electrons. The molecule has 0 unspecified atom stereocenters. The average molecular weight is 270 g/mol. The zero-order chi connectivity index (χ0) is 13.1. The van der Waals surface area contributed by atoms with E-state index in [0.717, 1.165) is 19.6 Å². The first-order chi connectivity index (χ1) is 9.38. The number of rotatable bonds is 5. The molecule has 19 heavy (non-hydrogen) atoms. The molecule has 2 aromatic heterocycles. The van der Waals surface area contributed by atoms with Crippen molar-refractivity contribution >= 4 is 22.2 Å². The molecule has 98 valence electrons. The van der Waals surface area contributed by atoms with E-state index in [1.54, 1.807) is 0 Å². The SMILES string of the molecule is CCNCc1cn(Cc2cccs2)c2ccccc12. The van der Waals surface area contributed by atoms with Gasteiger partial charge in [0, 0.05) is 28.5 Å². The van der Waals surface area contributed by atoms with Gasteiger partial charge in [-0.3, -0.25) is 0 Å². The van der Waals surface area contributed by atoms with E-state index in [4.69, 9.17) is 0 Å². The molecule has 0 aliphatic rings. The van der Waals surface area contributed by atoms with Crippen molar-refractivity contribution in [3.8, 4) is 0 Å². The summed E-state index contributed by atoms with van der Waals surface area (Å²) in [5.74, 6) is 0. The molecule has 3 aromatic rings. The number of hydrogen-bond acceptors (Lipinski definition) is 2. The second-order valence-corrected chi connectivity index (χ2v) is 5.69. The van der Waals surface area contributed by atoms with Crippen LogP contribution in [0.3, 0.4) is 0 Å². The maximum Gasteiger partial charge on any atom is 0.0569 e. The molecule has 1 aromatic carbocycles. The van der Waals surface area contributed by atoms with Gasteiger partial charge in [-0.15, -0.1) is 11.3 Å². The third-order valence-corrected chi connectivity index (χ3v) is 4.20. The second-order valence-electron chi connectivity index (χ2n) is 4.66. The number of benzene rings is 1. The molecule has 0 atom stereocenters. The minimum atomic E-state index is 0.939. The third-order valence-electron chi connectivity index (χ3n) is 3.34. The second kappa shape index (κ2) is 5.59. The summed E-state index contributed by atoms with van der Waals surface area (Å²) in [4.78, 5) is 1.40. The van der Waals surface area contributed by atoms with Crippen LogP contribution in [0.4, 0.5) is 0 Å². The lowest BCUT2D eigenvalue weighted by molar-refractivity contribution is 0.725. The van der Waals surface area contributed by atoms with Crippen LogP contribution in [-0.2, 0) is 13.1 Å². The minimum Gasteiger partial charge on any atom is -0.342 e.